The summed E-state index contributed by atoms with van der Waals surface area (Å²) in [6.07, 6.45) is 4.38. The molecule has 22 heavy (non-hydrogen) atoms. The van der Waals surface area contributed by atoms with E-state index in [1.165, 1.54) is 6.42 Å². The fourth-order valence-electron chi connectivity index (χ4n) is 2.97. The van der Waals surface area contributed by atoms with E-state index in [1.807, 2.05) is 18.7 Å². The van der Waals surface area contributed by atoms with Gasteiger partial charge >= 0.3 is 0 Å². The fourth-order valence-corrected chi connectivity index (χ4v) is 2.97. The van der Waals surface area contributed by atoms with Gasteiger partial charge in [-0.05, 0) is 63.8 Å². The number of carbonyl (C=O) groups is 2. The van der Waals surface area contributed by atoms with E-state index in [0.29, 0.717) is 17.2 Å². The number of benzene rings is 1. The number of carbonyl (C=O) groups excluding carboxylic acids is 2. The summed E-state index contributed by atoms with van der Waals surface area (Å²) in [5.41, 5.74) is 1.26. The highest BCUT2D eigenvalue weighted by molar-refractivity contribution is 5.98. The predicted octanol–water partition coefficient (Wildman–Crippen LogP) is 3.23. The summed E-state index contributed by atoms with van der Waals surface area (Å²) in [6.45, 7) is 6.83. The Morgan fingerprint density at radius 3 is 2.41 bits per heavy atom. The molecule has 1 N–H and O–H groups in total. The second-order valence-corrected chi connectivity index (χ2v) is 6.26. The number of amides is 2. The number of rotatable bonds is 4. The highest BCUT2D eigenvalue weighted by atomic mass is 16.2. The maximum Gasteiger partial charge on any atom is 0.254 e. The SMILES string of the molecule is CCC1CCCCN1C(=O)c1ccc(C(=O)NC(C)C)cc1. The molecule has 1 unspecified atom stereocenters. The Morgan fingerprint density at radius 2 is 1.82 bits per heavy atom. The monoisotopic (exact) mass is 302 g/mol. The number of nitrogens with one attached hydrogen (secondary N) is 1. The van der Waals surface area contributed by atoms with Gasteiger partial charge in [0.15, 0.2) is 0 Å². The van der Waals surface area contributed by atoms with Crippen LogP contribution in [-0.2, 0) is 0 Å². The minimum atomic E-state index is -0.0987. The molecule has 4 heteroatoms. The fraction of sp³-hybridized carbons (Fsp3) is 0.556. The van der Waals surface area contributed by atoms with Crippen LogP contribution in [0.3, 0.4) is 0 Å². The van der Waals surface area contributed by atoms with Crippen molar-refractivity contribution in [2.45, 2.75) is 58.5 Å². The smallest absolute Gasteiger partial charge is 0.254 e. The van der Waals surface area contributed by atoms with Crippen molar-refractivity contribution in [1.29, 1.82) is 0 Å². The van der Waals surface area contributed by atoms with Gasteiger partial charge in [-0.25, -0.2) is 0 Å². The number of likely N-dealkylation sites (tertiary alicyclic amines) is 1. The maximum atomic E-state index is 12.7. The van der Waals surface area contributed by atoms with Gasteiger partial charge in [-0.2, -0.15) is 0 Å². The van der Waals surface area contributed by atoms with E-state index in [4.69, 9.17) is 0 Å². The van der Waals surface area contributed by atoms with Gasteiger partial charge in [0.2, 0.25) is 0 Å². The van der Waals surface area contributed by atoms with Crippen LogP contribution in [0.4, 0.5) is 0 Å². The Morgan fingerprint density at radius 1 is 1.18 bits per heavy atom. The first-order chi connectivity index (χ1) is 10.5. The lowest BCUT2D eigenvalue weighted by molar-refractivity contribution is 0.0607. The minimum Gasteiger partial charge on any atom is -0.350 e. The summed E-state index contributed by atoms with van der Waals surface area (Å²) in [4.78, 5) is 26.6. The molecule has 4 nitrogen and oxygen atoms in total. The van der Waals surface area contributed by atoms with Gasteiger partial charge in [0.05, 0.1) is 0 Å². The molecule has 120 valence electrons. The highest BCUT2D eigenvalue weighted by Crippen LogP contribution is 2.22. The average molecular weight is 302 g/mol. The Kier molecular flexibility index (Phi) is 5.58. The zero-order chi connectivity index (χ0) is 16.1. The van der Waals surface area contributed by atoms with E-state index in [2.05, 4.69) is 12.2 Å². The van der Waals surface area contributed by atoms with E-state index >= 15 is 0 Å². The Hall–Kier alpha value is -1.84. The lowest BCUT2D eigenvalue weighted by Crippen LogP contribution is -2.43. The molecule has 2 amide bonds. The summed E-state index contributed by atoms with van der Waals surface area (Å²) in [6, 6.07) is 7.45. The van der Waals surface area contributed by atoms with Crippen molar-refractivity contribution in [3.05, 3.63) is 35.4 Å². The molecular formula is C18H26N2O2. The molecule has 0 radical (unpaired) electrons. The molecule has 1 aromatic rings. The zero-order valence-corrected chi connectivity index (χ0v) is 13.8. The maximum absolute atomic E-state index is 12.7. The van der Waals surface area contributed by atoms with E-state index in [-0.39, 0.29) is 17.9 Å². The van der Waals surface area contributed by atoms with Crippen molar-refractivity contribution in [3.63, 3.8) is 0 Å². The molecule has 1 aliphatic rings. The summed E-state index contributed by atoms with van der Waals surface area (Å²) in [5.74, 6) is -0.0132. The molecule has 1 heterocycles. The molecular weight excluding hydrogens is 276 g/mol. The van der Waals surface area contributed by atoms with E-state index in [9.17, 15) is 9.59 Å². The van der Waals surface area contributed by atoms with Crippen molar-refractivity contribution in [2.24, 2.45) is 0 Å². The third kappa shape index (κ3) is 3.87. The lowest BCUT2D eigenvalue weighted by atomic mass is 9.98. The van der Waals surface area contributed by atoms with E-state index in [0.717, 1.165) is 25.8 Å². The van der Waals surface area contributed by atoms with Gasteiger partial charge in [0.25, 0.3) is 11.8 Å². The number of nitrogens with zero attached hydrogens (tertiary/aromatic N) is 1. The van der Waals surface area contributed by atoms with Crippen molar-refractivity contribution >= 4 is 11.8 Å². The molecule has 1 atom stereocenters. The van der Waals surface area contributed by atoms with Crippen molar-refractivity contribution in [1.82, 2.24) is 10.2 Å². The molecule has 0 bridgehead atoms. The van der Waals surface area contributed by atoms with Crippen LogP contribution in [-0.4, -0.2) is 35.3 Å². The van der Waals surface area contributed by atoms with Crippen LogP contribution in [0, 0.1) is 0 Å². The standard InChI is InChI=1S/C18H26N2O2/c1-4-16-7-5-6-12-20(16)18(22)15-10-8-14(9-11-15)17(21)19-13(2)3/h8-11,13,16H,4-7,12H2,1-3H3,(H,19,21). The Balaban J connectivity index is 2.09. The van der Waals surface area contributed by atoms with Crippen molar-refractivity contribution in [3.8, 4) is 0 Å². The first-order valence-corrected chi connectivity index (χ1v) is 8.24. The highest BCUT2D eigenvalue weighted by Gasteiger charge is 2.26. The van der Waals surface area contributed by atoms with Gasteiger partial charge < -0.3 is 10.2 Å². The minimum absolute atomic E-state index is 0.0855. The summed E-state index contributed by atoms with van der Waals surface area (Å²) in [7, 11) is 0. The van der Waals surface area contributed by atoms with Crippen LogP contribution in [0.5, 0.6) is 0 Å². The van der Waals surface area contributed by atoms with Crippen LogP contribution < -0.4 is 5.32 Å². The van der Waals surface area contributed by atoms with Gasteiger partial charge in [-0.1, -0.05) is 6.92 Å². The van der Waals surface area contributed by atoms with E-state index in [1.54, 1.807) is 24.3 Å². The van der Waals surface area contributed by atoms with Crippen LogP contribution in [0.2, 0.25) is 0 Å². The molecule has 0 aliphatic carbocycles. The first-order valence-electron chi connectivity index (χ1n) is 8.24. The van der Waals surface area contributed by atoms with Gasteiger partial charge in [-0.15, -0.1) is 0 Å². The lowest BCUT2D eigenvalue weighted by Gasteiger charge is -2.35. The van der Waals surface area contributed by atoms with Crippen molar-refractivity contribution < 1.29 is 9.59 Å². The number of hydrogen-bond acceptors (Lipinski definition) is 2. The van der Waals surface area contributed by atoms with Gasteiger partial charge in [0.1, 0.15) is 0 Å². The molecule has 0 spiro atoms. The van der Waals surface area contributed by atoms with Crippen LogP contribution in [0.1, 0.15) is 67.2 Å². The third-order valence-corrected chi connectivity index (χ3v) is 4.17. The quantitative estimate of drug-likeness (QED) is 0.928. The van der Waals surface area contributed by atoms with Gasteiger partial charge in [-0.3, -0.25) is 9.59 Å². The zero-order valence-electron chi connectivity index (χ0n) is 13.8. The second kappa shape index (κ2) is 7.43. The van der Waals surface area contributed by atoms with E-state index < -0.39 is 0 Å². The van der Waals surface area contributed by atoms with Crippen LogP contribution in [0.15, 0.2) is 24.3 Å². The van der Waals surface area contributed by atoms with Gasteiger partial charge in [0, 0.05) is 29.8 Å². The largest absolute Gasteiger partial charge is 0.350 e. The third-order valence-electron chi connectivity index (χ3n) is 4.17. The van der Waals surface area contributed by atoms with Crippen LogP contribution >= 0.6 is 0 Å². The molecule has 1 aliphatic heterocycles. The molecule has 1 fully saturated rings. The topological polar surface area (TPSA) is 49.4 Å². The first kappa shape index (κ1) is 16.5. The Labute approximate surface area is 132 Å². The Bertz CT molecular complexity index is 522. The average Bonchev–Trinajstić information content (AvgIpc) is 2.53. The summed E-state index contributed by atoms with van der Waals surface area (Å²) >= 11 is 0. The summed E-state index contributed by atoms with van der Waals surface area (Å²) in [5, 5.41) is 2.85. The predicted molar refractivity (Wildman–Crippen MR) is 88.0 cm³/mol. The molecule has 2 rings (SSSR count). The molecule has 1 aromatic carbocycles. The molecule has 1 saturated heterocycles. The molecule has 0 saturated carbocycles. The normalized spacial score (nSPS) is 18.4. The van der Waals surface area contributed by atoms with Crippen LogP contribution in [0.25, 0.3) is 0 Å². The summed E-state index contributed by atoms with van der Waals surface area (Å²) < 4.78 is 0. The van der Waals surface area contributed by atoms with Crippen molar-refractivity contribution in [2.75, 3.05) is 6.54 Å². The second-order valence-electron chi connectivity index (χ2n) is 6.26. The number of piperidine rings is 1. The number of hydrogen-bond donors (Lipinski definition) is 1. The molecule has 0 aromatic heterocycles.